The maximum atomic E-state index is 12.6. The highest BCUT2D eigenvalue weighted by atomic mass is 16.4. The highest BCUT2D eigenvalue weighted by Gasteiger charge is 2.41. The van der Waals surface area contributed by atoms with Gasteiger partial charge in [0.25, 0.3) is 5.91 Å². The van der Waals surface area contributed by atoms with E-state index in [-0.39, 0.29) is 17.9 Å². The van der Waals surface area contributed by atoms with Crippen molar-refractivity contribution in [2.24, 2.45) is 0 Å². The quantitative estimate of drug-likeness (QED) is 0.539. The monoisotopic (exact) mass is 331 g/mol. The zero-order valence-electron chi connectivity index (χ0n) is 13.4. The van der Waals surface area contributed by atoms with Crippen LogP contribution in [0.1, 0.15) is 29.6 Å². The molecule has 2 aliphatic heterocycles. The molecule has 0 spiro atoms. The van der Waals surface area contributed by atoms with E-state index in [0.717, 1.165) is 6.42 Å². The van der Waals surface area contributed by atoms with Crippen LogP contribution in [0.3, 0.4) is 0 Å². The molecule has 1 aromatic carbocycles. The summed E-state index contributed by atoms with van der Waals surface area (Å²) in [6.45, 7) is 1.06. The average Bonchev–Trinajstić information content (AvgIpc) is 3.24. The third-order valence-electron chi connectivity index (χ3n) is 4.73. The van der Waals surface area contributed by atoms with Crippen LogP contribution < -0.4 is 10.6 Å². The van der Waals surface area contributed by atoms with Gasteiger partial charge in [-0.3, -0.25) is 9.59 Å². The molecule has 4 N–H and O–H groups in total. The van der Waals surface area contributed by atoms with Crippen molar-refractivity contribution in [1.82, 2.24) is 15.5 Å². The van der Waals surface area contributed by atoms with Gasteiger partial charge in [0.1, 0.15) is 0 Å². The van der Waals surface area contributed by atoms with Gasteiger partial charge in [0, 0.05) is 24.7 Å². The number of hydrogen-bond donors (Lipinski definition) is 4. The number of likely N-dealkylation sites (tertiary alicyclic amines) is 1. The molecule has 0 aromatic heterocycles. The zero-order chi connectivity index (χ0) is 17.1. The molecule has 1 aromatic rings. The summed E-state index contributed by atoms with van der Waals surface area (Å²) in [4.78, 5) is 26.3. The van der Waals surface area contributed by atoms with E-state index in [2.05, 4.69) is 10.6 Å². The molecule has 8 heteroatoms. The Hall–Kier alpha value is -1.90. The van der Waals surface area contributed by atoms with Crippen LogP contribution in [0.15, 0.2) is 30.3 Å². The lowest BCUT2D eigenvalue weighted by atomic mass is 9.77. The molecule has 3 atom stereocenters. The summed E-state index contributed by atoms with van der Waals surface area (Å²) in [6.07, 6.45) is 1.88. The summed E-state index contributed by atoms with van der Waals surface area (Å²) in [5.74, 6) is -0.806. The van der Waals surface area contributed by atoms with Gasteiger partial charge in [0.15, 0.2) is 0 Å². The second-order valence-electron chi connectivity index (χ2n) is 6.39. The first-order valence-electron chi connectivity index (χ1n) is 8.32. The van der Waals surface area contributed by atoms with Gasteiger partial charge in [-0.2, -0.15) is 0 Å². The van der Waals surface area contributed by atoms with Crippen LogP contribution in [0.2, 0.25) is 0 Å². The Balaban J connectivity index is 1.55. The number of hydrogen-bond acceptors (Lipinski definition) is 5. The van der Waals surface area contributed by atoms with Crippen LogP contribution in [0.25, 0.3) is 0 Å². The second kappa shape index (κ2) is 7.33. The Bertz CT molecular complexity index is 598. The SMILES string of the molecule is O=C(N[C@@H]1CNC(C(=O)N2CCC[C@H]2B(O)O)C1)c1ccccc1. The second-order valence-corrected chi connectivity index (χ2v) is 6.39. The Morgan fingerprint density at radius 2 is 2.00 bits per heavy atom. The van der Waals surface area contributed by atoms with E-state index in [1.165, 1.54) is 0 Å². The molecule has 1 unspecified atom stereocenters. The van der Waals surface area contributed by atoms with Crippen LogP contribution >= 0.6 is 0 Å². The van der Waals surface area contributed by atoms with E-state index in [1.807, 2.05) is 18.2 Å². The summed E-state index contributed by atoms with van der Waals surface area (Å²) >= 11 is 0. The van der Waals surface area contributed by atoms with E-state index < -0.39 is 19.1 Å². The molecule has 2 heterocycles. The molecule has 128 valence electrons. The zero-order valence-corrected chi connectivity index (χ0v) is 13.4. The van der Waals surface area contributed by atoms with E-state index in [4.69, 9.17) is 0 Å². The molecule has 0 saturated carbocycles. The maximum absolute atomic E-state index is 12.6. The Morgan fingerprint density at radius 3 is 2.71 bits per heavy atom. The van der Waals surface area contributed by atoms with Crippen LogP contribution in [-0.4, -0.2) is 65.0 Å². The third-order valence-corrected chi connectivity index (χ3v) is 4.73. The molecular formula is C16H22BN3O4. The lowest BCUT2D eigenvalue weighted by Crippen LogP contribution is -2.51. The first kappa shape index (κ1) is 16.9. The van der Waals surface area contributed by atoms with Crippen molar-refractivity contribution in [2.45, 2.75) is 37.3 Å². The standard InChI is InChI=1S/C16H22BN3O4/c21-15(11-5-2-1-3-6-11)19-12-9-13(18-10-12)16(22)20-8-4-7-14(20)17(23)24/h1-3,5-6,12-14,18,23-24H,4,7-10H2,(H,19,21)/t12-,13?,14-/m0/s1. The number of carbonyl (C=O) groups excluding carboxylic acids is 2. The van der Waals surface area contributed by atoms with Crippen molar-refractivity contribution < 1.29 is 19.6 Å². The van der Waals surface area contributed by atoms with Crippen molar-refractivity contribution in [3.8, 4) is 0 Å². The predicted molar refractivity (Wildman–Crippen MR) is 89.0 cm³/mol. The molecule has 0 aliphatic carbocycles. The third kappa shape index (κ3) is 3.61. The number of benzene rings is 1. The molecule has 2 aliphatic rings. The fraction of sp³-hybridized carbons (Fsp3) is 0.500. The number of carbonyl (C=O) groups is 2. The summed E-state index contributed by atoms with van der Waals surface area (Å²) in [6, 6.07) is 8.45. The molecular weight excluding hydrogens is 309 g/mol. The summed E-state index contributed by atoms with van der Waals surface area (Å²) in [7, 11) is -1.51. The van der Waals surface area contributed by atoms with Crippen molar-refractivity contribution in [3.63, 3.8) is 0 Å². The molecule has 3 rings (SSSR count). The van der Waals surface area contributed by atoms with Crippen molar-refractivity contribution >= 4 is 18.9 Å². The number of nitrogens with one attached hydrogen (secondary N) is 2. The van der Waals surface area contributed by atoms with Crippen molar-refractivity contribution in [2.75, 3.05) is 13.1 Å². The minimum Gasteiger partial charge on any atom is -0.426 e. The summed E-state index contributed by atoms with van der Waals surface area (Å²) in [5.41, 5.74) is 0.593. The number of nitrogens with zero attached hydrogens (tertiary/aromatic N) is 1. The molecule has 2 fully saturated rings. The fourth-order valence-electron chi connectivity index (χ4n) is 3.47. The normalized spacial score (nSPS) is 26.4. The van der Waals surface area contributed by atoms with E-state index in [0.29, 0.717) is 31.5 Å². The highest BCUT2D eigenvalue weighted by Crippen LogP contribution is 2.21. The van der Waals surface area contributed by atoms with Crippen molar-refractivity contribution in [3.05, 3.63) is 35.9 Å². The van der Waals surface area contributed by atoms with Gasteiger partial charge in [0.2, 0.25) is 5.91 Å². The van der Waals surface area contributed by atoms with Gasteiger partial charge >= 0.3 is 7.12 Å². The van der Waals surface area contributed by atoms with Gasteiger partial charge in [-0.15, -0.1) is 0 Å². The van der Waals surface area contributed by atoms with Crippen molar-refractivity contribution in [1.29, 1.82) is 0 Å². The lowest BCUT2D eigenvalue weighted by Gasteiger charge is -2.26. The first-order valence-corrected chi connectivity index (χ1v) is 8.32. The lowest BCUT2D eigenvalue weighted by molar-refractivity contribution is -0.133. The Labute approximate surface area is 141 Å². The van der Waals surface area contributed by atoms with Crippen LogP contribution in [0.5, 0.6) is 0 Å². The smallest absolute Gasteiger partial charge is 0.426 e. The predicted octanol–water partition coefficient (Wildman–Crippen LogP) is -0.850. The largest absolute Gasteiger partial charge is 0.475 e. The molecule has 0 bridgehead atoms. The minimum atomic E-state index is -1.51. The van der Waals surface area contributed by atoms with E-state index >= 15 is 0 Å². The van der Waals surface area contributed by atoms with Gasteiger partial charge in [-0.05, 0) is 31.4 Å². The van der Waals surface area contributed by atoms with Crippen LogP contribution in [0, 0.1) is 0 Å². The minimum absolute atomic E-state index is 0.119. The van der Waals surface area contributed by atoms with E-state index in [9.17, 15) is 19.6 Å². The van der Waals surface area contributed by atoms with Gasteiger partial charge < -0.3 is 25.6 Å². The fourth-order valence-corrected chi connectivity index (χ4v) is 3.47. The Morgan fingerprint density at radius 1 is 1.25 bits per heavy atom. The number of amides is 2. The molecule has 0 radical (unpaired) electrons. The average molecular weight is 331 g/mol. The van der Waals surface area contributed by atoms with Gasteiger partial charge in [-0.25, -0.2) is 0 Å². The van der Waals surface area contributed by atoms with Crippen LogP contribution in [0.4, 0.5) is 0 Å². The summed E-state index contributed by atoms with van der Waals surface area (Å²) < 4.78 is 0. The van der Waals surface area contributed by atoms with Gasteiger partial charge in [-0.1, -0.05) is 18.2 Å². The van der Waals surface area contributed by atoms with Gasteiger partial charge in [0.05, 0.1) is 12.0 Å². The highest BCUT2D eigenvalue weighted by molar-refractivity contribution is 6.43. The molecule has 2 saturated heterocycles. The molecule has 7 nitrogen and oxygen atoms in total. The van der Waals surface area contributed by atoms with E-state index in [1.54, 1.807) is 17.0 Å². The van der Waals surface area contributed by atoms with Crippen LogP contribution in [-0.2, 0) is 4.79 Å². The maximum Gasteiger partial charge on any atom is 0.475 e. The first-order chi connectivity index (χ1) is 11.6. The topological polar surface area (TPSA) is 102 Å². The molecule has 24 heavy (non-hydrogen) atoms. The number of rotatable bonds is 4. The summed E-state index contributed by atoms with van der Waals surface area (Å²) in [5, 5.41) is 24.9. The Kier molecular flexibility index (Phi) is 5.18. The molecule has 2 amide bonds.